The molecule has 3 heterocycles. The molecule has 2 aromatic heterocycles. The van der Waals surface area contributed by atoms with Gasteiger partial charge in [-0.1, -0.05) is 11.6 Å². The average Bonchev–Trinajstić information content (AvgIpc) is 3.09. The third-order valence-corrected chi connectivity index (χ3v) is 4.48. The highest BCUT2D eigenvalue weighted by atomic mass is 35.5. The molecule has 1 amide bonds. The van der Waals surface area contributed by atoms with Crippen molar-refractivity contribution in [3.05, 3.63) is 59.4 Å². The molecule has 1 aromatic carbocycles. The van der Waals surface area contributed by atoms with Crippen molar-refractivity contribution < 1.29 is 4.79 Å². The van der Waals surface area contributed by atoms with E-state index in [-0.39, 0.29) is 5.91 Å². The number of carbonyl (C=O) groups excluding carboxylic acids is 1. The molecule has 1 aliphatic rings. The van der Waals surface area contributed by atoms with Crippen molar-refractivity contribution in [2.24, 2.45) is 0 Å². The summed E-state index contributed by atoms with van der Waals surface area (Å²) in [6.07, 6.45) is 3.56. The van der Waals surface area contributed by atoms with E-state index in [2.05, 4.69) is 15.0 Å². The number of amides is 1. The normalized spacial score (nSPS) is 15.0. The number of halogens is 1. The van der Waals surface area contributed by atoms with Crippen LogP contribution in [0.5, 0.6) is 0 Å². The molecule has 1 aliphatic heterocycles. The van der Waals surface area contributed by atoms with Crippen LogP contribution >= 0.6 is 11.6 Å². The van der Waals surface area contributed by atoms with Gasteiger partial charge in [-0.2, -0.15) is 0 Å². The first-order valence-electron chi connectivity index (χ1n) is 7.81. The van der Waals surface area contributed by atoms with Crippen molar-refractivity contribution in [1.82, 2.24) is 19.5 Å². The van der Waals surface area contributed by atoms with Gasteiger partial charge < -0.3 is 9.80 Å². The van der Waals surface area contributed by atoms with E-state index in [9.17, 15) is 4.79 Å². The minimum Gasteiger partial charge on any atom is -0.352 e. The third kappa shape index (κ3) is 2.80. The van der Waals surface area contributed by atoms with E-state index >= 15 is 0 Å². The number of hydrogen-bond donors (Lipinski definition) is 0. The first kappa shape index (κ1) is 15.0. The maximum atomic E-state index is 12.5. The van der Waals surface area contributed by atoms with Crippen molar-refractivity contribution in [3.8, 4) is 0 Å². The Labute approximate surface area is 144 Å². The second-order valence-corrected chi connectivity index (χ2v) is 6.14. The van der Waals surface area contributed by atoms with Crippen molar-refractivity contribution in [2.75, 3.05) is 31.1 Å². The Morgan fingerprint density at radius 1 is 1.00 bits per heavy atom. The van der Waals surface area contributed by atoms with Crippen LogP contribution in [0.15, 0.2) is 48.8 Å². The van der Waals surface area contributed by atoms with Crippen LogP contribution in [0.25, 0.3) is 5.65 Å². The monoisotopic (exact) mass is 341 g/mol. The molecule has 0 saturated carbocycles. The van der Waals surface area contributed by atoms with Gasteiger partial charge in [0.25, 0.3) is 5.91 Å². The molecule has 1 fully saturated rings. The molecule has 0 bridgehead atoms. The summed E-state index contributed by atoms with van der Waals surface area (Å²) in [5.41, 5.74) is 1.50. The highest BCUT2D eigenvalue weighted by Gasteiger charge is 2.23. The molecule has 0 N–H and O–H groups in total. The molecule has 3 aromatic rings. The largest absolute Gasteiger partial charge is 0.352 e. The van der Waals surface area contributed by atoms with Crippen LogP contribution in [0, 0.1) is 0 Å². The zero-order valence-electron chi connectivity index (χ0n) is 13.0. The molecule has 4 rings (SSSR count). The van der Waals surface area contributed by atoms with E-state index < -0.39 is 0 Å². The lowest BCUT2D eigenvalue weighted by atomic mass is 10.2. The fourth-order valence-corrected chi connectivity index (χ4v) is 3.01. The van der Waals surface area contributed by atoms with Crippen LogP contribution in [0.3, 0.4) is 0 Å². The number of carbonyl (C=O) groups is 1. The fraction of sp³-hybridized carbons (Fsp3) is 0.235. The average molecular weight is 342 g/mol. The van der Waals surface area contributed by atoms with E-state index in [1.165, 1.54) is 0 Å². The lowest BCUT2D eigenvalue weighted by Gasteiger charge is -2.35. The lowest BCUT2D eigenvalue weighted by molar-refractivity contribution is 0.0746. The van der Waals surface area contributed by atoms with Crippen LogP contribution in [-0.4, -0.2) is 51.6 Å². The summed E-state index contributed by atoms with van der Waals surface area (Å²) in [7, 11) is 0. The first-order chi connectivity index (χ1) is 11.7. The summed E-state index contributed by atoms with van der Waals surface area (Å²) in [5, 5.41) is 5.20. The molecule has 0 atom stereocenters. The summed E-state index contributed by atoms with van der Waals surface area (Å²) in [6.45, 7) is 2.86. The van der Waals surface area contributed by atoms with Crippen molar-refractivity contribution >= 4 is 29.0 Å². The van der Waals surface area contributed by atoms with E-state index in [0.717, 1.165) is 24.6 Å². The number of imidazole rings is 1. The molecule has 0 radical (unpaired) electrons. The van der Waals surface area contributed by atoms with E-state index in [1.807, 2.05) is 23.2 Å². The van der Waals surface area contributed by atoms with E-state index in [0.29, 0.717) is 23.7 Å². The zero-order valence-corrected chi connectivity index (χ0v) is 13.7. The molecule has 24 heavy (non-hydrogen) atoms. The minimum atomic E-state index is 0.0457. The van der Waals surface area contributed by atoms with Crippen LogP contribution in [0.2, 0.25) is 5.02 Å². The van der Waals surface area contributed by atoms with Crippen molar-refractivity contribution in [3.63, 3.8) is 0 Å². The number of benzene rings is 1. The summed E-state index contributed by atoms with van der Waals surface area (Å²) in [5.74, 6) is 0.948. The standard InChI is InChI=1S/C17H16ClN5O/c18-14-3-1-13(2-4-14)17(24)22-11-9-21(10-12-22)16-6-5-15-19-7-8-23(15)20-16/h1-8H,9-12H2. The Morgan fingerprint density at radius 2 is 1.75 bits per heavy atom. The van der Waals surface area contributed by atoms with Gasteiger partial charge in [0.2, 0.25) is 0 Å². The highest BCUT2D eigenvalue weighted by Crippen LogP contribution is 2.16. The number of fused-ring (bicyclic) bond motifs is 1. The van der Waals surface area contributed by atoms with Gasteiger partial charge in [0.15, 0.2) is 5.65 Å². The summed E-state index contributed by atoms with van der Waals surface area (Å²) >= 11 is 5.88. The van der Waals surface area contributed by atoms with Gasteiger partial charge in [-0.05, 0) is 36.4 Å². The first-order valence-corrected chi connectivity index (χ1v) is 8.19. The Kier molecular flexibility index (Phi) is 3.82. The molecular weight excluding hydrogens is 326 g/mol. The molecule has 6 nitrogen and oxygen atoms in total. The van der Waals surface area contributed by atoms with Crippen molar-refractivity contribution in [2.45, 2.75) is 0 Å². The SMILES string of the molecule is O=C(c1ccc(Cl)cc1)N1CCN(c2ccc3nccn3n2)CC1. The summed E-state index contributed by atoms with van der Waals surface area (Å²) < 4.78 is 1.76. The zero-order chi connectivity index (χ0) is 16.5. The van der Waals surface area contributed by atoms with Crippen LogP contribution in [-0.2, 0) is 0 Å². The molecule has 7 heteroatoms. The Bertz CT molecular complexity index is 868. The molecule has 0 unspecified atom stereocenters. The van der Waals surface area contributed by atoms with Gasteiger partial charge in [0.05, 0.1) is 0 Å². The number of piperazine rings is 1. The number of anilines is 1. The van der Waals surface area contributed by atoms with Crippen LogP contribution in [0.4, 0.5) is 5.82 Å². The predicted molar refractivity (Wildman–Crippen MR) is 92.6 cm³/mol. The quantitative estimate of drug-likeness (QED) is 0.718. The number of nitrogens with zero attached hydrogens (tertiary/aromatic N) is 5. The van der Waals surface area contributed by atoms with Gasteiger partial charge in [0.1, 0.15) is 5.82 Å². The smallest absolute Gasteiger partial charge is 0.253 e. The Hall–Kier alpha value is -2.60. The summed E-state index contributed by atoms with van der Waals surface area (Å²) in [6, 6.07) is 11.0. The molecule has 122 valence electrons. The Balaban J connectivity index is 1.44. The number of rotatable bonds is 2. The lowest BCUT2D eigenvalue weighted by Crippen LogP contribution is -2.49. The van der Waals surface area contributed by atoms with Gasteiger partial charge in [0, 0.05) is 49.2 Å². The van der Waals surface area contributed by atoms with Crippen LogP contribution in [0.1, 0.15) is 10.4 Å². The fourth-order valence-electron chi connectivity index (χ4n) is 2.89. The maximum Gasteiger partial charge on any atom is 0.253 e. The van der Waals surface area contributed by atoms with Gasteiger partial charge >= 0.3 is 0 Å². The predicted octanol–water partition coefficient (Wildman–Crippen LogP) is 2.35. The molecule has 1 saturated heterocycles. The molecule has 0 aliphatic carbocycles. The maximum absolute atomic E-state index is 12.5. The topological polar surface area (TPSA) is 53.7 Å². The molecule has 0 spiro atoms. The van der Waals surface area contributed by atoms with Gasteiger partial charge in [-0.3, -0.25) is 4.79 Å². The second-order valence-electron chi connectivity index (χ2n) is 5.71. The van der Waals surface area contributed by atoms with Gasteiger partial charge in [-0.15, -0.1) is 5.10 Å². The summed E-state index contributed by atoms with van der Waals surface area (Å²) in [4.78, 5) is 20.8. The highest BCUT2D eigenvalue weighted by molar-refractivity contribution is 6.30. The second kappa shape index (κ2) is 6.13. The van der Waals surface area contributed by atoms with E-state index in [1.54, 1.807) is 35.0 Å². The number of hydrogen-bond acceptors (Lipinski definition) is 4. The van der Waals surface area contributed by atoms with Crippen LogP contribution < -0.4 is 4.90 Å². The number of aromatic nitrogens is 3. The third-order valence-electron chi connectivity index (χ3n) is 4.22. The van der Waals surface area contributed by atoms with Gasteiger partial charge in [-0.25, -0.2) is 9.50 Å². The molecular formula is C17H16ClN5O. The Morgan fingerprint density at radius 3 is 2.50 bits per heavy atom. The van der Waals surface area contributed by atoms with E-state index in [4.69, 9.17) is 11.6 Å². The van der Waals surface area contributed by atoms with Crippen molar-refractivity contribution in [1.29, 1.82) is 0 Å². The minimum absolute atomic E-state index is 0.0457.